The highest BCUT2D eigenvalue weighted by Gasteiger charge is 2.14. The lowest BCUT2D eigenvalue weighted by atomic mass is 10.1. The van der Waals surface area contributed by atoms with Crippen LogP contribution in [0.4, 0.5) is 11.4 Å². The fraction of sp³-hybridized carbons (Fsp3) is 0.381. The molecular weight excluding hydrogens is 390 g/mol. The van der Waals surface area contributed by atoms with Crippen molar-refractivity contribution in [3.63, 3.8) is 0 Å². The van der Waals surface area contributed by atoms with Crippen LogP contribution < -0.4 is 14.9 Å². The van der Waals surface area contributed by atoms with E-state index in [4.69, 9.17) is 4.74 Å². The van der Waals surface area contributed by atoms with Gasteiger partial charge in [0, 0.05) is 37.4 Å². The first-order valence-electron chi connectivity index (χ1n) is 9.79. The molecule has 0 radical (unpaired) electrons. The Morgan fingerprint density at radius 2 is 1.69 bits per heavy atom. The normalized spacial score (nSPS) is 14.6. The molecule has 1 aliphatic heterocycles. The molecule has 0 aliphatic carbocycles. The zero-order chi connectivity index (χ0) is 20.7. The summed E-state index contributed by atoms with van der Waals surface area (Å²) in [7, 11) is -3.59. The summed E-state index contributed by atoms with van der Waals surface area (Å²) in [6.07, 6.45) is 0.974. The van der Waals surface area contributed by atoms with Crippen molar-refractivity contribution < 1.29 is 17.9 Å². The van der Waals surface area contributed by atoms with Gasteiger partial charge in [-0.25, -0.2) is 13.1 Å². The Morgan fingerprint density at radius 3 is 2.31 bits per heavy atom. The molecule has 8 heteroatoms. The molecule has 2 N–H and O–H groups in total. The SMILES string of the molecule is CCC(=O)Nc1ccc(S(=O)(=O)NCCc2ccc(N3CCOCC3)cc2)cc1. The zero-order valence-corrected chi connectivity index (χ0v) is 17.4. The summed E-state index contributed by atoms with van der Waals surface area (Å²) in [4.78, 5) is 13.9. The van der Waals surface area contributed by atoms with E-state index < -0.39 is 10.0 Å². The molecule has 2 aromatic rings. The van der Waals surface area contributed by atoms with Crippen LogP contribution in [-0.2, 0) is 26.0 Å². The minimum absolute atomic E-state index is 0.113. The molecule has 3 rings (SSSR count). The molecule has 7 nitrogen and oxygen atoms in total. The van der Waals surface area contributed by atoms with Crippen LogP contribution in [0.25, 0.3) is 0 Å². The van der Waals surface area contributed by atoms with Gasteiger partial charge in [-0.2, -0.15) is 0 Å². The fourth-order valence-electron chi connectivity index (χ4n) is 3.07. The Morgan fingerprint density at radius 1 is 1.03 bits per heavy atom. The molecule has 1 heterocycles. The highest BCUT2D eigenvalue weighted by molar-refractivity contribution is 7.89. The smallest absolute Gasteiger partial charge is 0.240 e. The van der Waals surface area contributed by atoms with Gasteiger partial charge in [0.05, 0.1) is 18.1 Å². The second kappa shape index (κ2) is 9.87. The Hall–Kier alpha value is -2.42. The van der Waals surface area contributed by atoms with E-state index in [0.717, 1.165) is 37.6 Å². The number of rotatable bonds is 8. The number of ether oxygens (including phenoxy) is 1. The number of carbonyl (C=O) groups excluding carboxylic acids is 1. The first-order chi connectivity index (χ1) is 14.0. The van der Waals surface area contributed by atoms with Crippen molar-refractivity contribution in [2.24, 2.45) is 0 Å². The number of sulfonamides is 1. The van der Waals surface area contributed by atoms with E-state index in [1.54, 1.807) is 19.1 Å². The molecule has 0 saturated carbocycles. The van der Waals surface area contributed by atoms with Crippen LogP contribution in [0.3, 0.4) is 0 Å². The van der Waals surface area contributed by atoms with Crippen molar-refractivity contribution in [3.05, 3.63) is 54.1 Å². The zero-order valence-electron chi connectivity index (χ0n) is 16.6. The summed E-state index contributed by atoms with van der Waals surface area (Å²) in [6, 6.07) is 14.4. The predicted octanol–water partition coefficient (Wildman–Crippen LogP) is 2.39. The van der Waals surface area contributed by atoms with Gasteiger partial charge >= 0.3 is 0 Å². The number of amides is 1. The van der Waals surface area contributed by atoms with Gasteiger partial charge in [0.2, 0.25) is 15.9 Å². The number of carbonyl (C=O) groups is 1. The number of morpholine rings is 1. The first kappa shape index (κ1) is 21.3. The van der Waals surface area contributed by atoms with Crippen molar-refractivity contribution in [1.82, 2.24) is 4.72 Å². The van der Waals surface area contributed by atoms with E-state index in [0.29, 0.717) is 25.1 Å². The molecular formula is C21H27N3O4S. The molecule has 0 bridgehead atoms. The molecule has 1 amide bonds. The number of nitrogens with zero attached hydrogens (tertiary/aromatic N) is 1. The van der Waals surface area contributed by atoms with Crippen LogP contribution in [0, 0.1) is 0 Å². The molecule has 0 unspecified atom stereocenters. The van der Waals surface area contributed by atoms with Gasteiger partial charge in [-0.1, -0.05) is 19.1 Å². The number of hydrogen-bond donors (Lipinski definition) is 2. The summed E-state index contributed by atoms with van der Waals surface area (Å²) >= 11 is 0. The molecule has 1 aliphatic rings. The number of benzene rings is 2. The first-order valence-corrected chi connectivity index (χ1v) is 11.3. The fourth-order valence-corrected chi connectivity index (χ4v) is 4.11. The van der Waals surface area contributed by atoms with Crippen LogP contribution in [0.5, 0.6) is 0 Å². The predicted molar refractivity (Wildman–Crippen MR) is 114 cm³/mol. The van der Waals surface area contributed by atoms with Gasteiger partial charge in [0.15, 0.2) is 0 Å². The van der Waals surface area contributed by atoms with Crippen LogP contribution in [-0.4, -0.2) is 47.2 Å². The van der Waals surface area contributed by atoms with Crippen LogP contribution in [0.2, 0.25) is 0 Å². The molecule has 0 atom stereocenters. The third kappa shape index (κ3) is 6.03. The number of anilines is 2. The molecule has 0 spiro atoms. The topological polar surface area (TPSA) is 87.7 Å². The Bertz CT molecular complexity index is 906. The van der Waals surface area contributed by atoms with Gasteiger partial charge in [-0.3, -0.25) is 4.79 Å². The highest BCUT2D eigenvalue weighted by atomic mass is 32.2. The largest absolute Gasteiger partial charge is 0.378 e. The van der Waals surface area contributed by atoms with E-state index in [2.05, 4.69) is 27.1 Å². The lowest BCUT2D eigenvalue weighted by Crippen LogP contribution is -2.36. The second-order valence-electron chi connectivity index (χ2n) is 6.84. The lowest BCUT2D eigenvalue weighted by Gasteiger charge is -2.28. The maximum absolute atomic E-state index is 12.5. The maximum atomic E-state index is 12.5. The van der Waals surface area contributed by atoms with Gasteiger partial charge in [0.25, 0.3) is 0 Å². The number of hydrogen-bond acceptors (Lipinski definition) is 5. The number of nitrogens with one attached hydrogen (secondary N) is 2. The maximum Gasteiger partial charge on any atom is 0.240 e. The average molecular weight is 418 g/mol. The molecule has 2 aromatic carbocycles. The van der Waals surface area contributed by atoms with E-state index in [9.17, 15) is 13.2 Å². The summed E-state index contributed by atoms with van der Waals surface area (Å²) in [5.41, 5.74) is 2.81. The van der Waals surface area contributed by atoms with E-state index in [1.165, 1.54) is 12.1 Å². The molecule has 156 valence electrons. The standard InChI is InChI=1S/C21H27N3O4S/c1-2-21(25)23-18-5-9-20(10-6-18)29(26,27)22-12-11-17-3-7-19(8-4-17)24-13-15-28-16-14-24/h3-10,22H,2,11-16H2,1H3,(H,23,25). The minimum atomic E-state index is -3.59. The van der Waals surface area contributed by atoms with E-state index in [-0.39, 0.29) is 10.8 Å². The van der Waals surface area contributed by atoms with Crippen LogP contribution in [0.1, 0.15) is 18.9 Å². The van der Waals surface area contributed by atoms with Gasteiger partial charge < -0.3 is 15.0 Å². The Labute approximate surface area is 172 Å². The minimum Gasteiger partial charge on any atom is -0.378 e. The van der Waals surface area contributed by atoms with Crippen molar-refractivity contribution in [2.75, 3.05) is 43.1 Å². The summed E-state index contributed by atoms with van der Waals surface area (Å²) in [5, 5.41) is 2.70. The van der Waals surface area contributed by atoms with Crippen LogP contribution in [0.15, 0.2) is 53.4 Å². The van der Waals surface area contributed by atoms with E-state index in [1.807, 2.05) is 12.1 Å². The average Bonchev–Trinajstić information content (AvgIpc) is 2.75. The van der Waals surface area contributed by atoms with Gasteiger partial charge in [-0.15, -0.1) is 0 Å². The third-order valence-electron chi connectivity index (χ3n) is 4.79. The Balaban J connectivity index is 1.51. The van der Waals surface area contributed by atoms with Crippen molar-refractivity contribution in [1.29, 1.82) is 0 Å². The molecule has 29 heavy (non-hydrogen) atoms. The Kier molecular flexibility index (Phi) is 7.24. The summed E-state index contributed by atoms with van der Waals surface area (Å²) in [5.74, 6) is -0.113. The lowest BCUT2D eigenvalue weighted by molar-refractivity contribution is -0.115. The second-order valence-corrected chi connectivity index (χ2v) is 8.61. The third-order valence-corrected chi connectivity index (χ3v) is 6.26. The molecule has 1 fully saturated rings. The monoisotopic (exact) mass is 417 g/mol. The summed E-state index contributed by atoms with van der Waals surface area (Å²) < 4.78 is 32.9. The van der Waals surface area contributed by atoms with Crippen molar-refractivity contribution >= 4 is 27.3 Å². The van der Waals surface area contributed by atoms with Crippen molar-refractivity contribution in [2.45, 2.75) is 24.7 Å². The van der Waals surface area contributed by atoms with Crippen LogP contribution >= 0.6 is 0 Å². The van der Waals surface area contributed by atoms with Gasteiger partial charge in [0.1, 0.15) is 0 Å². The molecule has 1 saturated heterocycles. The molecule has 0 aromatic heterocycles. The van der Waals surface area contributed by atoms with E-state index >= 15 is 0 Å². The highest BCUT2D eigenvalue weighted by Crippen LogP contribution is 2.17. The van der Waals surface area contributed by atoms with Gasteiger partial charge in [-0.05, 0) is 48.4 Å². The quantitative estimate of drug-likeness (QED) is 0.689. The van der Waals surface area contributed by atoms with Crippen molar-refractivity contribution in [3.8, 4) is 0 Å². The summed E-state index contributed by atoms with van der Waals surface area (Å²) in [6.45, 7) is 5.34.